The number of imidazole rings is 1. The van der Waals surface area contributed by atoms with Gasteiger partial charge in [-0.25, -0.2) is 18.9 Å². The largest absolute Gasteiger partial charge is 0.256 e. The van der Waals surface area contributed by atoms with Gasteiger partial charge in [0.25, 0.3) is 5.78 Å². The molecule has 5 aromatic rings. The van der Waals surface area contributed by atoms with E-state index in [1.807, 2.05) is 30.3 Å². The van der Waals surface area contributed by atoms with E-state index in [2.05, 4.69) is 33.0 Å². The number of benzene rings is 2. The lowest BCUT2D eigenvalue weighted by molar-refractivity contribution is 0.624. The zero-order valence-corrected chi connectivity index (χ0v) is 16.0. The smallest absolute Gasteiger partial charge is 0.250 e. The number of nitriles is 1. The summed E-state index contributed by atoms with van der Waals surface area (Å²) in [7, 11) is 0. The van der Waals surface area contributed by atoms with Crippen molar-refractivity contribution < 1.29 is 4.39 Å². The molecule has 0 saturated carbocycles. The number of pyridine rings is 1. The standard InChI is InChI=1S/C23H15FN6/c1-14(15-6-7-20-16(9-15)3-2-8-26-20)22-13-28-23-27-12-21(29-30(22)23)17-4-5-18(11-25)19(24)10-17/h2-10,12-14H,1H3. The lowest BCUT2D eigenvalue weighted by Gasteiger charge is -2.12. The minimum Gasteiger partial charge on any atom is -0.256 e. The average molecular weight is 394 g/mol. The van der Waals surface area contributed by atoms with Gasteiger partial charge in [-0.2, -0.15) is 10.4 Å². The molecule has 0 fully saturated rings. The van der Waals surface area contributed by atoms with Crippen LogP contribution in [0.15, 0.2) is 67.1 Å². The Bertz CT molecular complexity index is 1450. The Balaban J connectivity index is 1.58. The zero-order valence-electron chi connectivity index (χ0n) is 16.0. The third kappa shape index (κ3) is 2.95. The third-order valence-corrected chi connectivity index (χ3v) is 5.21. The summed E-state index contributed by atoms with van der Waals surface area (Å²) in [6, 6.07) is 16.3. The molecule has 0 N–H and O–H groups in total. The Morgan fingerprint density at radius 2 is 1.90 bits per heavy atom. The van der Waals surface area contributed by atoms with E-state index in [4.69, 9.17) is 5.26 Å². The minimum absolute atomic E-state index is 0.00415. The quantitative estimate of drug-likeness (QED) is 0.450. The van der Waals surface area contributed by atoms with Crippen LogP contribution >= 0.6 is 0 Å². The molecule has 30 heavy (non-hydrogen) atoms. The molecule has 1 atom stereocenters. The SMILES string of the molecule is CC(c1ccc2ncccc2c1)c1cnc2ncc(-c3ccc(C#N)c(F)c3)nn12. The number of hydrogen-bond acceptors (Lipinski definition) is 5. The van der Waals surface area contributed by atoms with Crippen LogP contribution in [0.4, 0.5) is 4.39 Å². The second-order valence-corrected chi connectivity index (χ2v) is 7.02. The Kier molecular flexibility index (Phi) is 4.18. The normalized spacial score (nSPS) is 12.2. The fourth-order valence-corrected chi connectivity index (χ4v) is 3.52. The maximum absolute atomic E-state index is 14.1. The van der Waals surface area contributed by atoms with Crippen LogP contribution < -0.4 is 0 Å². The number of hydrogen-bond donors (Lipinski definition) is 0. The lowest BCUT2D eigenvalue weighted by Crippen LogP contribution is -2.05. The molecule has 6 nitrogen and oxygen atoms in total. The summed E-state index contributed by atoms with van der Waals surface area (Å²) >= 11 is 0. The lowest BCUT2D eigenvalue weighted by atomic mass is 9.97. The topological polar surface area (TPSA) is 79.8 Å². The van der Waals surface area contributed by atoms with Crippen LogP contribution in [-0.2, 0) is 0 Å². The number of halogens is 1. The van der Waals surface area contributed by atoms with Gasteiger partial charge in [-0.05, 0) is 35.9 Å². The first kappa shape index (κ1) is 17.9. The summed E-state index contributed by atoms with van der Waals surface area (Å²) in [4.78, 5) is 13.1. The molecule has 2 aromatic carbocycles. The van der Waals surface area contributed by atoms with E-state index in [9.17, 15) is 4.39 Å². The predicted octanol–water partition coefficient (Wildman–Crippen LogP) is 4.50. The third-order valence-electron chi connectivity index (χ3n) is 5.21. The highest BCUT2D eigenvalue weighted by Crippen LogP contribution is 2.27. The summed E-state index contributed by atoms with van der Waals surface area (Å²) in [5, 5.41) is 14.6. The van der Waals surface area contributed by atoms with Gasteiger partial charge in [0.15, 0.2) is 0 Å². The molecule has 0 aliphatic carbocycles. The molecule has 0 amide bonds. The first-order valence-electron chi connectivity index (χ1n) is 9.39. The Morgan fingerprint density at radius 1 is 1.03 bits per heavy atom. The molecule has 3 heterocycles. The van der Waals surface area contributed by atoms with Crippen molar-refractivity contribution in [1.29, 1.82) is 5.26 Å². The molecule has 1 unspecified atom stereocenters. The summed E-state index contributed by atoms with van der Waals surface area (Å²) in [6.07, 6.45) is 5.09. The van der Waals surface area contributed by atoms with E-state index in [1.165, 1.54) is 12.1 Å². The molecule has 0 bridgehead atoms. The van der Waals surface area contributed by atoms with Crippen molar-refractivity contribution in [3.05, 3.63) is 89.8 Å². The van der Waals surface area contributed by atoms with Gasteiger partial charge >= 0.3 is 0 Å². The monoisotopic (exact) mass is 394 g/mol. The molecule has 3 aromatic heterocycles. The van der Waals surface area contributed by atoms with Crippen LogP contribution in [0.5, 0.6) is 0 Å². The second kappa shape index (κ2) is 7.01. The molecule has 0 saturated heterocycles. The van der Waals surface area contributed by atoms with Gasteiger partial charge in [-0.3, -0.25) is 4.98 Å². The van der Waals surface area contributed by atoms with Crippen LogP contribution in [0.25, 0.3) is 27.9 Å². The highest BCUT2D eigenvalue weighted by atomic mass is 19.1. The van der Waals surface area contributed by atoms with Gasteiger partial charge in [-0.15, -0.1) is 0 Å². The number of rotatable bonds is 3. The van der Waals surface area contributed by atoms with Gasteiger partial charge < -0.3 is 0 Å². The maximum atomic E-state index is 14.1. The fraction of sp³-hybridized carbons (Fsp3) is 0.0870. The van der Waals surface area contributed by atoms with E-state index < -0.39 is 5.82 Å². The highest BCUT2D eigenvalue weighted by Gasteiger charge is 2.17. The molecular weight excluding hydrogens is 379 g/mol. The molecule has 5 rings (SSSR count). The maximum Gasteiger partial charge on any atom is 0.250 e. The van der Waals surface area contributed by atoms with Gasteiger partial charge in [0, 0.05) is 23.1 Å². The summed E-state index contributed by atoms with van der Waals surface area (Å²) in [6.45, 7) is 2.08. The van der Waals surface area contributed by atoms with Crippen molar-refractivity contribution in [2.24, 2.45) is 0 Å². The van der Waals surface area contributed by atoms with Crippen molar-refractivity contribution in [2.45, 2.75) is 12.8 Å². The van der Waals surface area contributed by atoms with Crippen LogP contribution in [0.1, 0.15) is 29.7 Å². The molecular formula is C23H15FN6. The van der Waals surface area contributed by atoms with Gasteiger partial charge in [0.05, 0.1) is 29.2 Å². The van der Waals surface area contributed by atoms with Gasteiger partial charge in [0.2, 0.25) is 0 Å². The van der Waals surface area contributed by atoms with E-state index in [1.54, 1.807) is 29.2 Å². The fourth-order valence-electron chi connectivity index (χ4n) is 3.52. The molecule has 0 aliphatic rings. The van der Waals surface area contributed by atoms with Crippen molar-refractivity contribution >= 4 is 16.7 Å². The Hall–Kier alpha value is -4.18. The van der Waals surface area contributed by atoms with Crippen molar-refractivity contribution in [1.82, 2.24) is 24.6 Å². The number of fused-ring (bicyclic) bond motifs is 2. The Morgan fingerprint density at radius 3 is 2.73 bits per heavy atom. The van der Waals surface area contributed by atoms with E-state index in [-0.39, 0.29) is 11.5 Å². The van der Waals surface area contributed by atoms with Crippen molar-refractivity contribution in [3.8, 4) is 17.3 Å². The molecule has 0 radical (unpaired) electrons. The van der Waals surface area contributed by atoms with Crippen molar-refractivity contribution in [2.75, 3.05) is 0 Å². The summed E-state index contributed by atoms with van der Waals surface area (Å²) < 4.78 is 15.7. The van der Waals surface area contributed by atoms with Crippen LogP contribution in [0.3, 0.4) is 0 Å². The predicted molar refractivity (Wildman–Crippen MR) is 110 cm³/mol. The Labute approximate surface area is 171 Å². The zero-order chi connectivity index (χ0) is 20.7. The van der Waals surface area contributed by atoms with E-state index >= 15 is 0 Å². The highest BCUT2D eigenvalue weighted by molar-refractivity contribution is 5.79. The van der Waals surface area contributed by atoms with Crippen molar-refractivity contribution in [3.63, 3.8) is 0 Å². The van der Waals surface area contributed by atoms with Crippen LogP contribution in [0.2, 0.25) is 0 Å². The summed E-state index contributed by atoms with van der Waals surface area (Å²) in [5.41, 5.74) is 3.96. The first-order valence-corrected chi connectivity index (χ1v) is 9.39. The molecule has 0 spiro atoms. The van der Waals surface area contributed by atoms with E-state index in [0.717, 1.165) is 22.2 Å². The molecule has 0 aliphatic heterocycles. The molecule has 7 heteroatoms. The molecule has 144 valence electrons. The second-order valence-electron chi connectivity index (χ2n) is 7.02. The first-order chi connectivity index (χ1) is 14.6. The minimum atomic E-state index is -0.583. The van der Waals surface area contributed by atoms with Gasteiger partial charge in [-0.1, -0.05) is 25.1 Å². The average Bonchev–Trinajstić information content (AvgIpc) is 3.21. The van der Waals surface area contributed by atoms with Crippen LogP contribution in [0, 0.1) is 17.1 Å². The van der Waals surface area contributed by atoms with Gasteiger partial charge in [0.1, 0.15) is 17.6 Å². The van der Waals surface area contributed by atoms with E-state index in [0.29, 0.717) is 17.0 Å². The summed E-state index contributed by atoms with van der Waals surface area (Å²) in [5.74, 6) is -0.107. The number of aromatic nitrogens is 5. The number of nitrogens with zero attached hydrogens (tertiary/aromatic N) is 6. The van der Waals surface area contributed by atoms with Crippen LogP contribution in [-0.4, -0.2) is 24.6 Å².